The van der Waals surface area contributed by atoms with E-state index in [4.69, 9.17) is 11.6 Å². The molecule has 1 atom stereocenters. The number of benzene rings is 1. The number of piperazine rings is 1. The Hall–Kier alpha value is -0.680. The van der Waals surface area contributed by atoms with Crippen molar-refractivity contribution in [3.8, 4) is 0 Å². The van der Waals surface area contributed by atoms with Crippen molar-refractivity contribution in [3.63, 3.8) is 0 Å². The normalized spacial score (nSPS) is 16.7. The lowest BCUT2D eigenvalue weighted by molar-refractivity contribution is 0.159. The predicted octanol–water partition coefficient (Wildman–Crippen LogP) is 4.73. The molecule has 130 valence electrons. The molecule has 1 N–H and O–H groups in total. The minimum absolute atomic E-state index is 0. The number of nitrogens with one attached hydrogen (secondary N) is 1. The molecule has 23 heavy (non-hydrogen) atoms. The molecule has 1 aliphatic heterocycles. The van der Waals surface area contributed by atoms with Gasteiger partial charge in [0.25, 0.3) is 0 Å². The van der Waals surface area contributed by atoms with Gasteiger partial charge in [-0.15, -0.1) is 19.0 Å². The molecular formula is C17H24Cl2F2N2. The van der Waals surface area contributed by atoms with Crippen LogP contribution in [0.2, 0.25) is 5.02 Å². The smallest absolute Gasteiger partial charge is 0.142 e. The van der Waals surface area contributed by atoms with Gasteiger partial charge >= 0.3 is 0 Å². The van der Waals surface area contributed by atoms with Crippen molar-refractivity contribution in [2.75, 3.05) is 26.2 Å². The van der Waals surface area contributed by atoms with Crippen LogP contribution >= 0.6 is 24.0 Å². The largest absolute Gasteiger partial charge is 0.314 e. The summed E-state index contributed by atoms with van der Waals surface area (Å²) in [6.07, 6.45) is 5.53. The Morgan fingerprint density at radius 1 is 1.22 bits per heavy atom. The van der Waals surface area contributed by atoms with Gasteiger partial charge in [-0.2, -0.15) is 0 Å². The number of nitrogens with zero attached hydrogens (tertiary/aromatic N) is 1. The molecule has 6 heteroatoms. The van der Waals surface area contributed by atoms with E-state index in [9.17, 15) is 8.78 Å². The highest BCUT2D eigenvalue weighted by molar-refractivity contribution is 6.31. The van der Waals surface area contributed by atoms with Crippen molar-refractivity contribution in [2.45, 2.75) is 31.7 Å². The number of allylic oxidation sites excluding steroid dienone is 1. The van der Waals surface area contributed by atoms with E-state index in [-0.39, 0.29) is 23.5 Å². The Morgan fingerprint density at radius 3 is 2.52 bits per heavy atom. The Morgan fingerprint density at radius 2 is 1.87 bits per heavy atom. The van der Waals surface area contributed by atoms with E-state index >= 15 is 0 Å². The highest BCUT2D eigenvalue weighted by Gasteiger charge is 2.27. The predicted molar refractivity (Wildman–Crippen MR) is 94.5 cm³/mol. The first-order valence-corrected chi connectivity index (χ1v) is 8.22. The van der Waals surface area contributed by atoms with Crippen molar-refractivity contribution in [3.05, 3.63) is 47.0 Å². The molecule has 0 aliphatic carbocycles. The molecule has 0 amide bonds. The zero-order valence-electron chi connectivity index (χ0n) is 13.2. The Labute approximate surface area is 148 Å². The summed E-state index contributed by atoms with van der Waals surface area (Å²) in [5, 5.41) is 3.21. The van der Waals surface area contributed by atoms with Crippen LogP contribution in [-0.2, 0) is 0 Å². The van der Waals surface area contributed by atoms with Crippen LogP contribution in [0.3, 0.4) is 0 Å². The van der Waals surface area contributed by atoms with E-state index in [1.165, 1.54) is 6.07 Å². The standard InChI is InChI=1S/C17H23ClF2N2.ClH/c1-2-3-4-5-6-15(22-11-9-21-10-12-22)16-13(19)7-8-14(20)17(16)18;/h2,7-8,15,21H,1,3-6,9-12H2;1H/t15-;/m0./s1. The molecule has 0 saturated carbocycles. The fourth-order valence-corrected chi connectivity index (χ4v) is 3.26. The van der Waals surface area contributed by atoms with Crippen LogP contribution in [-0.4, -0.2) is 31.1 Å². The maximum atomic E-state index is 14.3. The molecule has 1 saturated heterocycles. The van der Waals surface area contributed by atoms with Gasteiger partial charge in [0, 0.05) is 37.8 Å². The molecule has 0 unspecified atom stereocenters. The van der Waals surface area contributed by atoms with Gasteiger partial charge in [0.2, 0.25) is 0 Å². The fraction of sp³-hybridized carbons (Fsp3) is 0.529. The summed E-state index contributed by atoms with van der Waals surface area (Å²) in [5.41, 5.74) is 0.308. The summed E-state index contributed by atoms with van der Waals surface area (Å²) >= 11 is 6.08. The van der Waals surface area contributed by atoms with Crippen LogP contribution in [0.5, 0.6) is 0 Å². The molecule has 0 aromatic heterocycles. The monoisotopic (exact) mass is 364 g/mol. The molecule has 2 rings (SSSR count). The van der Waals surface area contributed by atoms with Crippen LogP contribution < -0.4 is 5.32 Å². The lowest BCUT2D eigenvalue weighted by atomic mass is 9.97. The number of rotatable bonds is 7. The average Bonchev–Trinajstić information content (AvgIpc) is 2.54. The molecule has 0 radical (unpaired) electrons. The van der Waals surface area contributed by atoms with Crippen LogP contribution in [0.1, 0.15) is 37.3 Å². The molecule has 0 bridgehead atoms. The minimum atomic E-state index is -0.552. The van der Waals surface area contributed by atoms with Crippen LogP contribution in [0, 0.1) is 11.6 Å². The summed E-state index contributed by atoms with van der Waals surface area (Å²) in [5.74, 6) is -0.969. The van der Waals surface area contributed by atoms with Crippen molar-refractivity contribution in [1.82, 2.24) is 10.2 Å². The van der Waals surface area contributed by atoms with Crippen molar-refractivity contribution in [1.29, 1.82) is 0 Å². The summed E-state index contributed by atoms with van der Waals surface area (Å²) in [7, 11) is 0. The number of hydrogen-bond acceptors (Lipinski definition) is 2. The lowest BCUT2D eigenvalue weighted by Gasteiger charge is -2.36. The first-order chi connectivity index (χ1) is 10.6. The first-order valence-electron chi connectivity index (χ1n) is 7.84. The summed E-state index contributed by atoms with van der Waals surface area (Å²) in [6, 6.07) is 2.10. The van der Waals surface area contributed by atoms with Gasteiger partial charge in [-0.25, -0.2) is 8.78 Å². The second-order valence-corrected chi connectivity index (χ2v) is 6.01. The fourth-order valence-electron chi connectivity index (χ4n) is 2.98. The molecular weight excluding hydrogens is 341 g/mol. The van der Waals surface area contributed by atoms with Gasteiger partial charge in [0.1, 0.15) is 11.6 Å². The topological polar surface area (TPSA) is 15.3 Å². The van der Waals surface area contributed by atoms with E-state index in [1.54, 1.807) is 0 Å². The van der Waals surface area contributed by atoms with Crippen molar-refractivity contribution < 1.29 is 8.78 Å². The first kappa shape index (κ1) is 20.4. The molecule has 1 aromatic rings. The molecule has 1 aromatic carbocycles. The second kappa shape index (κ2) is 10.2. The second-order valence-electron chi connectivity index (χ2n) is 5.63. The van der Waals surface area contributed by atoms with Gasteiger partial charge in [0.15, 0.2) is 0 Å². The van der Waals surface area contributed by atoms with E-state index < -0.39 is 11.6 Å². The Kier molecular flexibility index (Phi) is 9.07. The third-order valence-corrected chi connectivity index (χ3v) is 4.52. The number of halogens is 4. The quantitative estimate of drug-likeness (QED) is 0.427. The van der Waals surface area contributed by atoms with E-state index in [1.807, 2.05) is 6.08 Å². The SMILES string of the molecule is C=CCCCC[C@@H](c1c(F)ccc(F)c1Cl)N1CCNCC1.Cl. The summed E-state index contributed by atoms with van der Waals surface area (Å²) < 4.78 is 28.1. The molecule has 2 nitrogen and oxygen atoms in total. The molecule has 1 heterocycles. The highest BCUT2D eigenvalue weighted by Crippen LogP contribution is 2.35. The Balaban J connectivity index is 0.00000264. The van der Waals surface area contributed by atoms with Crippen molar-refractivity contribution >= 4 is 24.0 Å². The van der Waals surface area contributed by atoms with Gasteiger partial charge in [-0.1, -0.05) is 24.1 Å². The Bertz CT molecular complexity index is 506. The minimum Gasteiger partial charge on any atom is -0.314 e. The zero-order chi connectivity index (χ0) is 15.9. The molecule has 1 fully saturated rings. The van der Waals surface area contributed by atoms with E-state index in [2.05, 4.69) is 16.8 Å². The zero-order valence-corrected chi connectivity index (χ0v) is 14.7. The van der Waals surface area contributed by atoms with Crippen LogP contribution in [0.4, 0.5) is 8.78 Å². The summed E-state index contributed by atoms with van der Waals surface area (Å²) in [4.78, 5) is 2.20. The highest BCUT2D eigenvalue weighted by atomic mass is 35.5. The van der Waals surface area contributed by atoms with Gasteiger partial charge < -0.3 is 5.32 Å². The molecule has 1 aliphatic rings. The van der Waals surface area contributed by atoms with Crippen molar-refractivity contribution in [2.24, 2.45) is 0 Å². The van der Waals surface area contributed by atoms with Gasteiger partial charge in [-0.05, 0) is 31.4 Å². The molecule has 0 spiro atoms. The van der Waals surface area contributed by atoms with Crippen LogP contribution in [0.15, 0.2) is 24.8 Å². The number of unbranched alkanes of at least 4 members (excludes halogenated alkanes) is 2. The lowest BCUT2D eigenvalue weighted by Crippen LogP contribution is -2.45. The van der Waals surface area contributed by atoms with Crippen LogP contribution in [0.25, 0.3) is 0 Å². The van der Waals surface area contributed by atoms with E-state index in [0.717, 1.165) is 57.9 Å². The van der Waals surface area contributed by atoms with Gasteiger partial charge in [-0.3, -0.25) is 4.90 Å². The maximum absolute atomic E-state index is 14.3. The number of hydrogen-bond donors (Lipinski definition) is 1. The maximum Gasteiger partial charge on any atom is 0.142 e. The third-order valence-electron chi connectivity index (χ3n) is 4.14. The third kappa shape index (κ3) is 5.42. The van der Waals surface area contributed by atoms with E-state index in [0.29, 0.717) is 5.56 Å². The summed E-state index contributed by atoms with van der Waals surface area (Å²) in [6.45, 7) is 7.07. The van der Waals surface area contributed by atoms with Gasteiger partial charge in [0.05, 0.1) is 5.02 Å². The average molecular weight is 365 g/mol.